The Balaban J connectivity index is 2.17. The highest BCUT2D eigenvalue weighted by Gasteiger charge is 2.41. The lowest BCUT2D eigenvalue weighted by atomic mass is 10.1. The minimum absolute atomic E-state index is 0.139. The number of phenolic OH excluding ortho intramolecular Hbond substituents is 1. The predicted molar refractivity (Wildman–Crippen MR) is 89.3 cm³/mol. The SMILES string of the molecule is CCOC(=O)c1cnn(-c2cccc(-c3cc(F)cc(F)c3O)n2)c1C(F)(F)F. The van der Waals surface area contributed by atoms with Gasteiger partial charge in [0, 0.05) is 11.6 Å². The molecule has 0 atom stereocenters. The molecule has 1 N–H and O–H groups in total. The molecule has 0 unspecified atom stereocenters. The number of ether oxygens (including phenoxy) is 1. The van der Waals surface area contributed by atoms with Crippen LogP contribution in [0, 0.1) is 11.6 Å². The number of carbonyl (C=O) groups is 1. The van der Waals surface area contributed by atoms with Crippen LogP contribution in [0.4, 0.5) is 22.0 Å². The fourth-order valence-electron chi connectivity index (χ4n) is 2.61. The Hall–Kier alpha value is -3.50. The molecule has 6 nitrogen and oxygen atoms in total. The molecule has 0 saturated carbocycles. The topological polar surface area (TPSA) is 77.2 Å². The Morgan fingerprint density at radius 3 is 2.62 bits per heavy atom. The molecule has 11 heteroatoms. The molecule has 29 heavy (non-hydrogen) atoms. The van der Waals surface area contributed by atoms with Gasteiger partial charge in [0.1, 0.15) is 11.4 Å². The molecule has 0 bridgehead atoms. The molecule has 1 aromatic carbocycles. The predicted octanol–water partition coefficient (Wildman–Crippen LogP) is 4.11. The number of aromatic nitrogens is 3. The van der Waals surface area contributed by atoms with Crippen LogP contribution in [-0.4, -0.2) is 32.4 Å². The van der Waals surface area contributed by atoms with Crippen LogP contribution >= 0.6 is 0 Å². The van der Waals surface area contributed by atoms with Gasteiger partial charge < -0.3 is 9.84 Å². The second-order valence-electron chi connectivity index (χ2n) is 5.70. The molecular weight excluding hydrogens is 401 g/mol. The zero-order valence-corrected chi connectivity index (χ0v) is 14.7. The smallest absolute Gasteiger partial charge is 0.434 e. The molecule has 152 valence electrons. The van der Waals surface area contributed by atoms with Crippen LogP contribution in [0.2, 0.25) is 0 Å². The quantitative estimate of drug-likeness (QED) is 0.515. The van der Waals surface area contributed by atoms with Gasteiger partial charge in [-0.05, 0) is 25.1 Å². The van der Waals surface area contributed by atoms with E-state index in [9.17, 15) is 31.9 Å². The van der Waals surface area contributed by atoms with Gasteiger partial charge in [0.05, 0.1) is 18.5 Å². The Morgan fingerprint density at radius 2 is 1.97 bits per heavy atom. The number of benzene rings is 1. The number of halogens is 5. The van der Waals surface area contributed by atoms with Crippen LogP contribution in [0.3, 0.4) is 0 Å². The van der Waals surface area contributed by atoms with Gasteiger partial charge in [-0.15, -0.1) is 0 Å². The van der Waals surface area contributed by atoms with E-state index in [4.69, 9.17) is 0 Å². The largest absolute Gasteiger partial charge is 0.504 e. The van der Waals surface area contributed by atoms with Crippen LogP contribution < -0.4 is 0 Å². The molecular formula is C18H12F5N3O3. The van der Waals surface area contributed by atoms with E-state index in [1.807, 2.05) is 0 Å². The van der Waals surface area contributed by atoms with Gasteiger partial charge in [-0.3, -0.25) is 0 Å². The summed E-state index contributed by atoms with van der Waals surface area (Å²) >= 11 is 0. The number of nitrogens with zero attached hydrogens (tertiary/aromatic N) is 3. The van der Waals surface area contributed by atoms with Crippen LogP contribution in [0.5, 0.6) is 5.75 Å². The molecule has 0 saturated heterocycles. The molecule has 0 aliphatic heterocycles. The number of esters is 1. The number of rotatable bonds is 4. The molecule has 0 aliphatic rings. The molecule has 0 amide bonds. The third kappa shape index (κ3) is 3.89. The lowest BCUT2D eigenvalue weighted by Crippen LogP contribution is -2.19. The van der Waals surface area contributed by atoms with E-state index in [0.717, 1.165) is 12.1 Å². The number of pyridine rings is 1. The van der Waals surface area contributed by atoms with E-state index in [1.54, 1.807) is 0 Å². The second-order valence-corrected chi connectivity index (χ2v) is 5.70. The zero-order valence-electron chi connectivity index (χ0n) is 14.7. The van der Waals surface area contributed by atoms with Crippen LogP contribution in [0.25, 0.3) is 17.1 Å². The van der Waals surface area contributed by atoms with E-state index in [1.165, 1.54) is 19.1 Å². The first-order chi connectivity index (χ1) is 13.6. The van der Waals surface area contributed by atoms with Crippen molar-refractivity contribution >= 4 is 5.97 Å². The summed E-state index contributed by atoms with van der Waals surface area (Å²) in [7, 11) is 0. The van der Waals surface area contributed by atoms with E-state index in [0.29, 0.717) is 16.9 Å². The summed E-state index contributed by atoms with van der Waals surface area (Å²) in [6.07, 6.45) is -4.29. The average Bonchev–Trinajstić information content (AvgIpc) is 3.11. The highest BCUT2D eigenvalue weighted by atomic mass is 19.4. The number of phenols is 1. The lowest BCUT2D eigenvalue weighted by Gasteiger charge is -2.13. The van der Waals surface area contributed by atoms with Crippen molar-refractivity contribution in [2.75, 3.05) is 6.61 Å². The standard InChI is InChI=1S/C18H12F5N3O3/c1-2-29-17(28)11-8-24-26(16(11)18(21,22)23)14-5-3-4-13(25-14)10-6-9(19)7-12(20)15(10)27/h3-8,27H,2H2,1H3. The van der Waals surface area contributed by atoms with E-state index in [-0.39, 0.29) is 17.9 Å². The van der Waals surface area contributed by atoms with Crippen LogP contribution in [0.15, 0.2) is 36.5 Å². The maximum atomic E-state index is 13.6. The molecule has 0 spiro atoms. The number of carbonyl (C=O) groups excluding carboxylic acids is 1. The van der Waals surface area contributed by atoms with Crippen molar-refractivity contribution < 1.29 is 36.6 Å². The van der Waals surface area contributed by atoms with Crippen molar-refractivity contribution in [3.63, 3.8) is 0 Å². The minimum Gasteiger partial charge on any atom is -0.504 e. The van der Waals surface area contributed by atoms with Crippen molar-refractivity contribution in [2.45, 2.75) is 13.1 Å². The van der Waals surface area contributed by atoms with Gasteiger partial charge in [0.25, 0.3) is 0 Å². The lowest BCUT2D eigenvalue weighted by molar-refractivity contribution is -0.143. The summed E-state index contributed by atoms with van der Waals surface area (Å²) < 4.78 is 72.8. The second kappa shape index (κ2) is 7.49. The van der Waals surface area contributed by atoms with Crippen molar-refractivity contribution in [3.05, 3.63) is 59.4 Å². The Kier molecular flexibility index (Phi) is 5.23. The van der Waals surface area contributed by atoms with Crippen LogP contribution in [-0.2, 0) is 10.9 Å². The summed E-state index contributed by atoms with van der Waals surface area (Å²) in [5, 5.41) is 13.4. The normalized spacial score (nSPS) is 11.5. The van der Waals surface area contributed by atoms with Gasteiger partial charge in [-0.25, -0.2) is 23.2 Å². The highest BCUT2D eigenvalue weighted by Crippen LogP contribution is 2.35. The summed E-state index contributed by atoms with van der Waals surface area (Å²) in [5.74, 6) is -4.80. The van der Waals surface area contributed by atoms with Crippen molar-refractivity contribution in [1.29, 1.82) is 0 Å². The first kappa shape index (κ1) is 20.2. The maximum Gasteiger partial charge on any atom is 0.434 e. The molecule has 2 heterocycles. The molecule has 3 aromatic rings. The van der Waals surface area contributed by atoms with Gasteiger partial charge >= 0.3 is 12.1 Å². The van der Waals surface area contributed by atoms with Gasteiger partial charge in [-0.1, -0.05) is 6.07 Å². The number of hydrogen-bond acceptors (Lipinski definition) is 5. The first-order valence-electron chi connectivity index (χ1n) is 8.11. The van der Waals surface area contributed by atoms with E-state index in [2.05, 4.69) is 14.8 Å². The highest BCUT2D eigenvalue weighted by molar-refractivity contribution is 5.90. The van der Waals surface area contributed by atoms with Crippen molar-refractivity contribution in [1.82, 2.24) is 14.8 Å². The monoisotopic (exact) mass is 413 g/mol. The van der Waals surface area contributed by atoms with Gasteiger partial charge in [0.2, 0.25) is 0 Å². The number of aromatic hydroxyl groups is 1. The summed E-state index contributed by atoms with van der Waals surface area (Å²) in [6.45, 7) is 1.30. The average molecular weight is 413 g/mol. The third-order valence-electron chi connectivity index (χ3n) is 3.79. The van der Waals surface area contributed by atoms with Gasteiger partial charge in [-0.2, -0.15) is 18.3 Å². The Bertz CT molecular complexity index is 1080. The molecule has 2 aromatic heterocycles. The fraction of sp³-hybridized carbons (Fsp3) is 0.167. The molecule has 0 aliphatic carbocycles. The van der Waals surface area contributed by atoms with E-state index >= 15 is 0 Å². The van der Waals surface area contributed by atoms with Crippen molar-refractivity contribution in [2.24, 2.45) is 0 Å². The van der Waals surface area contributed by atoms with Gasteiger partial charge in [0.15, 0.2) is 23.1 Å². The number of alkyl halides is 3. The maximum absolute atomic E-state index is 13.6. The Labute approximate surface area is 160 Å². The van der Waals surface area contributed by atoms with Crippen molar-refractivity contribution in [3.8, 4) is 22.8 Å². The molecule has 0 fully saturated rings. The molecule has 3 rings (SSSR count). The first-order valence-corrected chi connectivity index (χ1v) is 8.11. The summed E-state index contributed by atoms with van der Waals surface area (Å²) in [4.78, 5) is 15.8. The third-order valence-corrected chi connectivity index (χ3v) is 3.79. The zero-order chi connectivity index (χ0) is 21.3. The fourth-order valence-corrected chi connectivity index (χ4v) is 2.61. The molecule has 0 radical (unpaired) electrons. The Morgan fingerprint density at radius 1 is 1.24 bits per heavy atom. The summed E-state index contributed by atoms with van der Waals surface area (Å²) in [5.41, 5.74) is -2.81. The minimum atomic E-state index is -4.98. The van der Waals surface area contributed by atoms with Crippen LogP contribution in [0.1, 0.15) is 23.0 Å². The van der Waals surface area contributed by atoms with E-state index < -0.39 is 46.6 Å². The number of hydrogen-bond donors (Lipinski definition) is 1. The summed E-state index contributed by atoms with van der Waals surface area (Å²) in [6, 6.07) is 4.87.